The Kier molecular flexibility index (Phi) is 5.68. The number of hydrogen-bond donors (Lipinski definition) is 0. The molecule has 0 radical (unpaired) electrons. The van der Waals surface area contributed by atoms with Gasteiger partial charge in [0.1, 0.15) is 0 Å². The van der Waals surface area contributed by atoms with Crippen molar-refractivity contribution in [3.8, 4) is 0 Å². The first-order valence-electron chi connectivity index (χ1n) is 6.43. The summed E-state index contributed by atoms with van der Waals surface area (Å²) in [7, 11) is 0. The zero-order valence-electron chi connectivity index (χ0n) is 11.1. The number of allylic oxidation sites excluding steroid dienone is 2. The van der Waals surface area contributed by atoms with Gasteiger partial charge in [0.05, 0.1) is 0 Å². The van der Waals surface area contributed by atoms with Crippen LogP contribution in [0.3, 0.4) is 0 Å². The zero-order chi connectivity index (χ0) is 12.7. The lowest BCUT2D eigenvalue weighted by molar-refractivity contribution is 0.103. The Morgan fingerprint density at radius 3 is 2.29 bits per heavy atom. The number of unbranched alkanes of at least 4 members (excludes halogenated alkanes) is 2. The Labute approximate surface area is 105 Å². The largest absolute Gasteiger partial charge is 0.289 e. The van der Waals surface area contributed by atoms with Gasteiger partial charge in [-0.2, -0.15) is 0 Å². The summed E-state index contributed by atoms with van der Waals surface area (Å²) in [6, 6.07) is 9.51. The van der Waals surface area contributed by atoms with Crippen molar-refractivity contribution in [2.24, 2.45) is 0 Å². The predicted octanol–water partition coefficient (Wildman–Crippen LogP) is 4.79. The van der Waals surface area contributed by atoms with Crippen LogP contribution in [-0.2, 0) is 0 Å². The molecule has 1 rings (SSSR count). The molecule has 0 amide bonds. The van der Waals surface area contributed by atoms with Crippen molar-refractivity contribution in [2.75, 3.05) is 0 Å². The van der Waals surface area contributed by atoms with Crippen LogP contribution in [0.25, 0.3) is 0 Å². The summed E-state index contributed by atoms with van der Waals surface area (Å²) in [4.78, 5) is 12.2. The molecule has 1 aromatic rings. The predicted molar refractivity (Wildman–Crippen MR) is 73.3 cm³/mol. The second-order valence-electron chi connectivity index (χ2n) is 4.56. The lowest BCUT2D eigenvalue weighted by Crippen LogP contribution is -2.02. The van der Waals surface area contributed by atoms with Crippen LogP contribution in [-0.4, -0.2) is 5.78 Å². The van der Waals surface area contributed by atoms with Crippen molar-refractivity contribution in [3.05, 3.63) is 47.0 Å². The van der Waals surface area contributed by atoms with E-state index < -0.39 is 0 Å². The van der Waals surface area contributed by atoms with Gasteiger partial charge in [0.15, 0.2) is 5.78 Å². The summed E-state index contributed by atoms with van der Waals surface area (Å²) in [6.07, 6.45) is 4.68. The van der Waals surface area contributed by atoms with Gasteiger partial charge in [-0.15, -0.1) is 0 Å². The molecule has 1 aromatic carbocycles. The molecule has 0 spiro atoms. The third kappa shape index (κ3) is 4.18. The minimum absolute atomic E-state index is 0.166. The first-order valence-corrected chi connectivity index (χ1v) is 6.43. The lowest BCUT2D eigenvalue weighted by atomic mass is 9.97. The van der Waals surface area contributed by atoms with E-state index in [9.17, 15) is 4.79 Å². The maximum atomic E-state index is 12.2. The maximum Gasteiger partial charge on any atom is 0.188 e. The second-order valence-corrected chi connectivity index (χ2v) is 4.56. The normalized spacial score (nSPS) is 12.2. The molecule has 0 unspecified atom stereocenters. The molecular formula is C16H22O. The van der Waals surface area contributed by atoms with Crippen LogP contribution >= 0.6 is 0 Å². The second kappa shape index (κ2) is 7.05. The molecule has 0 bridgehead atoms. The number of rotatable bonds is 6. The van der Waals surface area contributed by atoms with E-state index >= 15 is 0 Å². The van der Waals surface area contributed by atoms with Crippen LogP contribution < -0.4 is 0 Å². The molecule has 0 aliphatic rings. The SMILES string of the molecule is CCCCC/C(C)=C(\C)C(=O)c1ccccc1. The van der Waals surface area contributed by atoms with Crippen LogP contribution in [0.1, 0.15) is 56.8 Å². The summed E-state index contributed by atoms with van der Waals surface area (Å²) < 4.78 is 0. The fourth-order valence-corrected chi connectivity index (χ4v) is 1.83. The number of carbonyl (C=O) groups is 1. The van der Waals surface area contributed by atoms with Crippen molar-refractivity contribution < 1.29 is 4.79 Å². The Hall–Kier alpha value is -1.37. The Bertz CT molecular complexity index is 387. The van der Waals surface area contributed by atoms with Gasteiger partial charge >= 0.3 is 0 Å². The Balaban J connectivity index is 2.71. The van der Waals surface area contributed by atoms with Crippen molar-refractivity contribution in [1.29, 1.82) is 0 Å². The number of Topliss-reactive ketones (excluding diaryl/α,β-unsaturated/α-hetero) is 1. The topological polar surface area (TPSA) is 17.1 Å². The van der Waals surface area contributed by atoms with Gasteiger partial charge in [-0.1, -0.05) is 55.7 Å². The van der Waals surface area contributed by atoms with Crippen LogP contribution in [0.4, 0.5) is 0 Å². The van der Waals surface area contributed by atoms with Crippen LogP contribution in [0.5, 0.6) is 0 Å². The van der Waals surface area contributed by atoms with Crippen molar-refractivity contribution in [1.82, 2.24) is 0 Å². The smallest absolute Gasteiger partial charge is 0.188 e. The van der Waals surface area contributed by atoms with Crippen molar-refractivity contribution in [2.45, 2.75) is 46.5 Å². The van der Waals surface area contributed by atoms with Gasteiger partial charge in [0.25, 0.3) is 0 Å². The summed E-state index contributed by atoms with van der Waals surface area (Å²) in [5.74, 6) is 0.166. The number of ketones is 1. The minimum atomic E-state index is 0.166. The van der Waals surface area contributed by atoms with Gasteiger partial charge in [-0.25, -0.2) is 0 Å². The van der Waals surface area contributed by atoms with E-state index in [1.165, 1.54) is 24.8 Å². The molecule has 17 heavy (non-hydrogen) atoms. The highest BCUT2D eigenvalue weighted by Gasteiger charge is 2.09. The summed E-state index contributed by atoms with van der Waals surface area (Å²) in [5, 5.41) is 0. The lowest BCUT2D eigenvalue weighted by Gasteiger charge is -2.07. The number of benzene rings is 1. The van der Waals surface area contributed by atoms with Gasteiger partial charge in [-0.05, 0) is 32.3 Å². The average molecular weight is 230 g/mol. The molecule has 0 aliphatic carbocycles. The highest BCUT2D eigenvalue weighted by atomic mass is 16.1. The molecule has 0 fully saturated rings. The number of carbonyl (C=O) groups excluding carboxylic acids is 1. The molecule has 0 heterocycles. The first kappa shape index (κ1) is 13.7. The van der Waals surface area contributed by atoms with E-state index in [1.807, 2.05) is 37.3 Å². The molecule has 0 saturated heterocycles. The fraction of sp³-hybridized carbons (Fsp3) is 0.438. The number of hydrogen-bond acceptors (Lipinski definition) is 1. The van der Waals surface area contributed by atoms with E-state index in [-0.39, 0.29) is 5.78 Å². The van der Waals surface area contributed by atoms with Gasteiger partial charge in [-0.3, -0.25) is 4.79 Å². The summed E-state index contributed by atoms with van der Waals surface area (Å²) >= 11 is 0. The minimum Gasteiger partial charge on any atom is -0.289 e. The quantitative estimate of drug-likeness (QED) is 0.390. The molecule has 0 aromatic heterocycles. The standard InChI is InChI=1S/C16H22O/c1-4-5-7-10-13(2)14(3)16(17)15-11-8-6-9-12-15/h6,8-9,11-12H,4-5,7,10H2,1-3H3/b14-13+. The van der Waals surface area contributed by atoms with Crippen LogP contribution in [0, 0.1) is 0 Å². The van der Waals surface area contributed by atoms with Crippen LogP contribution in [0.2, 0.25) is 0 Å². The van der Waals surface area contributed by atoms with Crippen molar-refractivity contribution in [3.63, 3.8) is 0 Å². The molecule has 1 heteroatoms. The van der Waals surface area contributed by atoms with E-state index in [0.717, 1.165) is 17.6 Å². The Morgan fingerprint density at radius 2 is 1.71 bits per heavy atom. The van der Waals surface area contributed by atoms with Crippen molar-refractivity contribution >= 4 is 5.78 Å². The molecule has 0 aliphatic heterocycles. The van der Waals surface area contributed by atoms with Gasteiger partial charge in [0, 0.05) is 5.56 Å². The van der Waals surface area contributed by atoms with E-state index in [2.05, 4.69) is 13.8 Å². The third-order valence-corrected chi connectivity index (χ3v) is 3.17. The van der Waals surface area contributed by atoms with Gasteiger partial charge in [0.2, 0.25) is 0 Å². The summed E-state index contributed by atoms with van der Waals surface area (Å²) in [5.41, 5.74) is 2.93. The fourth-order valence-electron chi connectivity index (χ4n) is 1.83. The van der Waals surface area contributed by atoms with Gasteiger partial charge < -0.3 is 0 Å². The highest BCUT2D eigenvalue weighted by Crippen LogP contribution is 2.16. The zero-order valence-corrected chi connectivity index (χ0v) is 11.1. The monoisotopic (exact) mass is 230 g/mol. The molecule has 92 valence electrons. The van der Waals surface area contributed by atoms with E-state index in [0.29, 0.717) is 0 Å². The molecule has 0 N–H and O–H groups in total. The Morgan fingerprint density at radius 1 is 1.06 bits per heavy atom. The average Bonchev–Trinajstić information content (AvgIpc) is 2.38. The first-order chi connectivity index (χ1) is 8.16. The highest BCUT2D eigenvalue weighted by molar-refractivity contribution is 6.08. The van der Waals surface area contributed by atoms with E-state index in [1.54, 1.807) is 0 Å². The molecular weight excluding hydrogens is 208 g/mol. The molecule has 1 nitrogen and oxygen atoms in total. The molecule has 0 saturated carbocycles. The van der Waals surface area contributed by atoms with Crippen LogP contribution in [0.15, 0.2) is 41.5 Å². The van der Waals surface area contributed by atoms with E-state index in [4.69, 9.17) is 0 Å². The molecule has 0 atom stereocenters. The third-order valence-electron chi connectivity index (χ3n) is 3.17. The maximum absolute atomic E-state index is 12.2. The summed E-state index contributed by atoms with van der Waals surface area (Å²) in [6.45, 7) is 6.21.